The molecule has 0 spiro atoms. The molecule has 0 radical (unpaired) electrons. The molecule has 1 rings (SSSR count). The van der Waals surface area contributed by atoms with Crippen molar-refractivity contribution in [3.63, 3.8) is 0 Å². The Kier molecular flexibility index (Phi) is 4.63. The van der Waals surface area contributed by atoms with Gasteiger partial charge in [-0.3, -0.25) is 0 Å². The van der Waals surface area contributed by atoms with Gasteiger partial charge in [-0.1, -0.05) is 24.3 Å². The van der Waals surface area contributed by atoms with E-state index in [2.05, 4.69) is 19.1 Å². The molecule has 0 heterocycles. The fraction of sp³-hybridized carbons (Fsp3) is 0.500. The van der Waals surface area contributed by atoms with E-state index >= 15 is 0 Å². The van der Waals surface area contributed by atoms with Crippen molar-refractivity contribution in [2.24, 2.45) is 0 Å². The van der Waals surface area contributed by atoms with Gasteiger partial charge in [0, 0.05) is 13.7 Å². The molecule has 1 aromatic rings. The molecule has 1 atom stereocenters. The topological polar surface area (TPSA) is 29.5 Å². The molecule has 78 valence electrons. The van der Waals surface area contributed by atoms with Crippen LogP contribution in [-0.2, 0) is 17.6 Å². The van der Waals surface area contributed by atoms with E-state index in [1.807, 2.05) is 12.1 Å². The van der Waals surface area contributed by atoms with E-state index in [1.165, 1.54) is 11.1 Å². The molecule has 0 aromatic heterocycles. The number of benzene rings is 1. The maximum Gasteiger partial charge on any atom is 0.0583 e. The fourth-order valence-corrected chi connectivity index (χ4v) is 1.46. The van der Waals surface area contributed by atoms with Gasteiger partial charge in [-0.05, 0) is 30.9 Å². The minimum Gasteiger partial charge on any atom is -0.396 e. The summed E-state index contributed by atoms with van der Waals surface area (Å²) in [5.41, 5.74) is 2.46. The smallest absolute Gasteiger partial charge is 0.0583 e. The Hall–Kier alpha value is -0.860. The van der Waals surface area contributed by atoms with E-state index in [0.717, 1.165) is 12.8 Å². The summed E-state index contributed by atoms with van der Waals surface area (Å²) < 4.78 is 5.20. The summed E-state index contributed by atoms with van der Waals surface area (Å²) in [6, 6.07) is 8.29. The zero-order valence-corrected chi connectivity index (χ0v) is 8.86. The monoisotopic (exact) mass is 194 g/mol. The number of rotatable bonds is 5. The summed E-state index contributed by atoms with van der Waals surface area (Å²) in [6.07, 6.45) is 1.91. The number of aliphatic hydroxyl groups is 1. The standard InChI is InChI=1S/C12H18O2/c1-10(14-2)8-12-5-3-4-11(9-12)6-7-13/h3-5,9-10,13H,6-8H2,1-2H3. The van der Waals surface area contributed by atoms with Gasteiger partial charge in [-0.2, -0.15) is 0 Å². The normalized spacial score (nSPS) is 12.8. The lowest BCUT2D eigenvalue weighted by Crippen LogP contribution is -2.08. The van der Waals surface area contributed by atoms with Crippen molar-refractivity contribution < 1.29 is 9.84 Å². The molecule has 0 saturated carbocycles. The Morgan fingerprint density at radius 3 is 2.71 bits per heavy atom. The lowest BCUT2D eigenvalue weighted by Gasteiger charge is -2.10. The minimum atomic E-state index is 0.212. The summed E-state index contributed by atoms with van der Waals surface area (Å²) in [6.45, 7) is 2.27. The van der Waals surface area contributed by atoms with Crippen LogP contribution in [0.1, 0.15) is 18.1 Å². The van der Waals surface area contributed by atoms with Gasteiger partial charge in [0.15, 0.2) is 0 Å². The van der Waals surface area contributed by atoms with Crippen LogP contribution >= 0.6 is 0 Å². The highest BCUT2D eigenvalue weighted by molar-refractivity contribution is 5.24. The summed E-state index contributed by atoms with van der Waals surface area (Å²) in [4.78, 5) is 0. The van der Waals surface area contributed by atoms with Gasteiger partial charge in [0.05, 0.1) is 6.10 Å². The van der Waals surface area contributed by atoms with Crippen LogP contribution in [-0.4, -0.2) is 24.9 Å². The second kappa shape index (κ2) is 5.78. The van der Waals surface area contributed by atoms with E-state index in [-0.39, 0.29) is 12.7 Å². The maximum atomic E-state index is 8.81. The molecule has 0 aliphatic rings. The molecule has 0 bridgehead atoms. The molecule has 0 aliphatic carbocycles. The SMILES string of the molecule is COC(C)Cc1cccc(CCO)c1. The Labute approximate surface area is 85.5 Å². The molecule has 1 aromatic carbocycles. The van der Waals surface area contributed by atoms with Crippen molar-refractivity contribution in [3.8, 4) is 0 Å². The van der Waals surface area contributed by atoms with Crippen LogP contribution in [0.4, 0.5) is 0 Å². The Bertz CT molecular complexity index is 271. The van der Waals surface area contributed by atoms with E-state index in [4.69, 9.17) is 9.84 Å². The third-order valence-electron chi connectivity index (χ3n) is 2.32. The average molecular weight is 194 g/mol. The summed E-state index contributed by atoms with van der Waals surface area (Å²) in [5, 5.41) is 8.81. The zero-order valence-electron chi connectivity index (χ0n) is 8.86. The predicted octanol–water partition coefficient (Wildman–Crippen LogP) is 1.80. The molecule has 2 nitrogen and oxygen atoms in total. The van der Waals surface area contributed by atoms with E-state index in [0.29, 0.717) is 0 Å². The van der Waals surface area contributed by atoms with Crippen LogP contribution in [0.2, 0.25) is 0 Å². The third-order valence-corrected chi connectivity index (χ3v) is 2.32. The second-order valence-electron chi connectivity index (χ2n) is 3.54. The largest absolute Gasteiger partial charge is 0.396 e. The molecular weight excluding hydrogens is 176 g/mol. The lowest BCUT2D eigenvalue weighted by atomic mass is 10.0. The summed E-state index contributed by atoms with van der Waals surface area (Å²) >= 11 is 0. The average Bonchev–Trinajstić information content (AvgIpc) is 2.19. The van der Waals surface area contributed by atoms with Gasteiger partial charge in [0.25, 0.3) is 0 Å². The number of hydrogen-bond acceptors (Lipinski definition) is 2. The molecule has 0 saturated heterocycles. The molecule has 14 heavy (non-hydrogen) atoms. The Balaban J connectivity index is 2.63. The predicted molar refractivity (Wildman–Crippen MR) is 57.4 cm³/mol. The van der Waals surface area contributed by atoms with Crippen LogP contribution in [0.15, 0.2) is 24.3 Å². The van der Waals surface area contributed by atoms with Gasteiger partial charge < -0.3 is 9.84 Å². The lowest BCUT2D eigenvalue weighted by molar-refractivity contribution is 0.119. The molecule has 1 unspecified atom stereocenters. The van der Waals surface area contributed by atoms with Crippen molar-refractivity contribution in [1.82, 2.24) is 0 Å². The Morgan fingerprint density at radius 1 is 1.36 bits per heavy atom. The minimum absolute atomic E-state index is 0.212. The number of hydrogen-bond donors (Lipinski definition) is 1. The quantitative estimate of drug-likeness (QED) is 0.774. The van der Waals surface area contributed by atoms with Gasteiger partial charge in [0.2, 0.25) is 0 Å². The molecule has 0 aliphatic heterocycles. The molecular formula is C12H18O2. The number of methoxy groups -OCH3 is 1. The van der Waals surface area contributed by atoms with E-state index in [1.54, 1.807) is 7.11 Å². The summed E-state index contributed by atoms with van der Waals surface area (Å²) in [5.74, 6) is 0. The van der Waals surface area contributed by atoms with Crippen molar-refractivity contribution in [2.45, 2.75) is 25.9 Å². The highest BCUT2D eigenvalue weighted by Crippen LogP contribution is 2.09. The van der Waals surface area contributed by atoms with Gasteiger partial charge in [-0.15, -0.1) is 0 Å². The van der Waals surface area contributed by atoms with Crippen LogP contribution in [0.25, 0.3) is 0 Å². The first-order chi connectivity index (χ1) is 6.76. The van der Waals surface area contributed by atoms with Gasteiger partial charge in [-0.25, -0.2) is 0 Å². The number of ether oxygens (including phenoxy) is 1. The van der Waals surface area contributed by atoms with Crippen LogP contribution < -0.4 is 0 Å². The second-order valence-corrected chi connectivity index (χ2v) is 3.54. The van der Waals surface area contributed by atoms with Crippen molar-refractivity contribution in [3.05, 3.63) is 35.4 Å². The van der Waals surface area contributed by atoms with E-state index in [9.17, 15) is 0 Å². The van der Waals surface area contributed by atoms with Crippen molar-refractivity contribution >= 4 is 0 Å². The van der Waals surface area contributed by atoms with Crippen LogP contribution in [0, 0.1) is 0 Å². The first-order valence-electron chi connectivity index (χ1n) is 4.97. The highest BCUT2D eigenvalue weighted by atomic mass is 16.5. The first-order valence-corrected chi connectivity index (χ1v) is 4.97. The van der Waals surface area contributed by atoms with Gasteiger partial charge >= 0.3 is 0 Å². The third kappa shape index (κ3) is 3.48. The van der Waals surface area contributed by atoms with E-state index < -0.39 is 0 Å². The molecule has 0 fully saturated rings. The molecule has 2 heteroatoms. The Morgan fingerprint density at radius 2 is 2.07 bits per heavy atom. The first kappa shape index (κ1) is 11.2. The highest BCUT2D eigenvalue weighted by Gasteiger charge is 2.02. The summed E-state index contributed by atoms with van der Waals surface area (Å²) in [7, 11) is 1.72. The van der Waals surface area contributed by atoms with Gasteiger partial charge in [0.1, 0.15) is 0 Å². The van der Waals surface area contributed by atoms with Crippen LogP contribution in [0.3, 0.4) is 0 Å². The molecule has 1 N–H and O–H groups in total. The van der Waals surface area contributed by atoms with Crippen molar-refractivity contribution in [1.29, 1.82) is 0 Å². The zero-order chi connectivity index (χ0) is 10.4. The van der Waals surface area contributed by atoms with Crippen molar-refractivity contribution in [2.75, 3.05) is 13.7 Å². The maximum absolute atomic E-state index is 8.81. The fourth-order valence-electron chi connectivity index (χ4n) is 1.46. The number of aliphatic hydroxyl groups excluding tert-OH is 1. The van der Waals surface area contributed by atoms with Crippen LogP contribution in [0.5, 0.6) is 0 Å². The molecule has 0 amide bonds.